The fourth-order valence-corrected chi connectivity index (χ4v) is 2.76. The van der Waals surface area contributed by atoms with Crippen molar-refractivity contribution in [3.63, 3.8) is 0 Å². The topological polar surface area (TPSA) is 86.7 Å². The minimum absolute atomic E-state index is 0.0140. The quantitative estimate of drug-likeness (QED) is 0.381. The number of pyridine rings is 2. The largest absolute Gasteiger partial charge is 0.271 e. The second-order valence-electron chi connectivity index (χ2n) is 5.95. The van der Waals surface area contributed by atoms with Gasteiger partial charge in [0.2, 0.25) is 0 Å². The number of nitro groups is 1. The molecule has 0 aliphatic rings. The zero-order valence-electron chi connectivity index (χ0n) is 14.7. The Hall–Kier alpha value is -4.13. The molecule has 136 valence electrons. The van der Waals surface area contributed by atoms with Crippen LogP contribution in [0.25, 0.3) is 35.3 Å². The average molecular weight is 369 g/mol. The summed E-state index contributed by atoms with van der Waals surface area (Å²) < 4.78 is 1.62. The van der Waals surface area contributed by atoms with Gasteiger partial charge in [0.15, 0.2) is 0 Å². The summed E-state index contributed by atoms with van der Waals surface area (Å²) >= 11 is 0. The van der Waals surface area contributed by atoms with Crippen LogP contribution in [-0.2, 0) is 0 Å². The first-order chi connectivity index (χ1) is 13.7. The molecular weight excluding hydrogens is 354 g/mol. The van der Waals surface area contributed by atoms with Crippen molar-refractivity contribution in [1.29, 1.82) is 0 Å². The fraction of sp³-hybridized carbons (Fsp3) is 0. The van der Waals surface area contributed by atoms with Gasteiger partial charge in [-0.15, -0.1) is 0 Å². The lowest BCUT2D eigenvalue weighted by molar-refractivity contribution is -0.384. The predicted molar refractivity (Wildman–Crippen MR) is 109 cm³/mol. The van der Waals surface area contributed by atoms with Crippen LogP contribution in [-0.4, -0.2) is 24.7 Å². The van der Waals surface area contributed by atoms with E-state index < -0.39 is 4.92 Å². The molecule has 0 amide bonds. The molecule has 0 N–H and O–H groups in total. The van der Waals surface area contributed by atoms with Crippen molar-refractivity contribution >= 4 is 41.0 Å². The molecule has 0 spiro atoms. The molecule has 0 saturated carbocycles. The zero-order valence-corrected chi connectivity index (χ0v) is 14.7. The van der Waals surface area contributed by atoms with Crippen molar-refractivity contribution in [2.24, 2.45) is 0 Å². The number of fused-ring (bicyclic) bond motifs is 1. The zero-order chi connectivity index (χ0) is 19.3. The molecule has 3 aromatic heterocycles. The number of hydrogen-bond donors (Lipinski definition) is 0. The van der Waals surface area contributed by atoms with Crippen LogP contribution < -0.4 is 0 Å². The molecule has 0 saturated heterocycles. The van der Waals surface area contributed by atoms with Gasteiger partial charge >= 0.3 is 0 Å². The first-order valence-corrected chi connectivity index (χ1v) is 8.56. The van der Waals surface area contributed by atoms with Gasteiger partial charge in [0.05, 0.1) is 27.5 Å². The maximum absolute atomic E-state index is 11.2. The molecule has 1 aromatic carbocycles. The highest BCUT2D eigenvalue weighted by Gasteiger charge is 2.13. The van der Waals surface area contributed by atoms with Crippen molar-refractivity contribution < 1.29 is 4.92 Å². The van der Waals surface area contributed by atoms with Gasteiger partial charge in [-0.1, -0.05) is 12.1 Å². The van der Waals surface area contributed by atoms with E-state index >= 15 is 0 Å². The van der Waals surface area contributed by atoms with Crippen molar-refractivity contribution in [1.82, 2.24) is 19.7 Å². The Morgan fingerprint density at radius 1 is 0.893 bits per heavy atom. The third-order valence-electron chi connectivity index (χ3n) is 4.10. The number of benzene rings is 1. The van der Waals surface area contributed by atoms with E-state index in [1.54, 1.807) is 35.4 Å². The molecule has 7 heteroatoms. The van der Waals surface area contributed by atoms with Gasteiger partial charge in [-0.25, -0.2) is 4.68 Å². The lowest BCUT2D eigenvalue weighted by Crippen LogP contribution is -1.91. The molecular formula is C21H15N5O2. The Bertz CT molecular complexity index is 1180. The van der Waals surface area contributed by atoms with Gasteiger partial charge in [0.25, 0.3) is 5.69 Å². The first-order valence-electron chi connectivity index (χ1n) is 8.56. The highest BCUT2D eigenvalue weighted by atomic mass is 16.6. The van der Waals surface area contributed by atoms with Crippen molar-refractivity contribution in [2.45, 2.75) is 0 Å². The second kappa shape index (κ2) is 7.63. The second-order valence-corrected chi connectivity index (χ2v) is 5.95. The summed E-state index contributed by atoms with van der Waals surface area (Å²) in [6.45, 7) is 0. The number of nitrogens with zero attached hydrogens (tertiary/aromatic N) is 5. The van der Waals surface area contributed by atoms with Gasteiger partial charge in [-0.2, -0.15) is 5.10 Å². The Labute approximate surface area is 160 Å². The number of non-ortho nitro benzene ring substituents is 1. The Balaban J connectivity index is 1.79. The van der Waals surface area contributed by atoms with E-state index in [9.17, 15) is 10.1 Å². The Morgan fingerprint density at radius 3 is 2.25 bits per heavy atom. The van der Waals surface area contributed by atoms with Gasteiger partial charge in [-0.05, 0) is 48.6 Å². The third-order valence-corrected chi connectivity index (χ3v) is 4.10. The van der Waals surface area contributed by atoms with E-state index in [2.05, 4.69) is 15.1 Å². The van der Waals surface area contributed by atoms with Crippen LogP contribution in [0.2, 0.25) is 0 Å². The van der Waals surface area contributed by atoms with Crippen LogP contribution in [0.5, 0.6) is 0 Å². The SMILES string of the molecule is O=[N+]([O-])c1ccc2c(/C=C/c3ccccn3)nn(/C=C/c3ccccn3)c2c1. The van der Waals surface area contributed by atoms with Crippen LogP contribution in [0.15, 0.2) is 67.0 Å². The summed E-state index contributed by atoms with van der Waals surface area (Å²) in [6, 6.07) is 15.9. The molecule has 0 aliphatic carbocycles. The minimum atomic E-state index is -0.414. The maximum Gasteiger partial charge on any atom is 0.271 e. The first kappa shape index (κ1) is 17.3. The van der Waals surface area contributed by atoms with E-state index in [0.717, 1.165) is 16.8 Å². The number of aromatic nitrogens is 4. The molecule has 0 atom stereocenters. The monoisotopic (exact) mass is 369 g/mol. The number of hydrogen-bond acceptors (Lipinski definition) is 5. The predicted octanol–water partition coefficient (Wildman–Crippen LogP) is 4.53. The van der Waals surface area contributed by atoms with Gasteiger partial charge in [-0.3, -0.25) is 20.1 Å². The smallest absolute Gasteiger partial charge is 0.258 e. The van der Waals surface area contributed by atoms with Crippen LogP contribution in [0.3, 0.4) is 0 Å². The standard InChI is InChI=1S/C21H15N5O2/c27-26(28)18-8-9-19-20(10-7-16-5-1-3-12-22-16)24-25(21(19)15-18)14-11-17-6-2-4-13-23-17/h1-15H/b10-7+,14-11+. The Morgan fingerprint density at radius 2 is 1.61 bits per heavy atom. The van der Waals surface area contributed by atoms with Gasteiger partial charge < -0.3 is 0 Å². The number of nitro benzene ring substituents is 1. The normalized spacial score (nSPS) is 11.6. The van der Waals surface area contributed by atoms with Crippen LogP contribution in [0, 0.1) is 10.1 Å². The van der Waals surface area contributed by atoms with Crippen molar-refractivity contribution in [3.05, 3.63) is 94.2 Å². The maximum atomic E-state index is 11.2. The van der Waals surface area contributed by atoms with Crippen LogP contribution >= 0.6 is 0 Å². The molecule has 0 unspecified atom stereocenters. The molecule has 4 rings (SSSR count). The molecule has 0 bridgehead atoms. The molecule has 4 aromatic rings. The fourth-order valence-electron chi connectivity index (χ4n) is 2.76. The lowest BCUT2D eigenvalue weighted by Gasteiger charge is -1.96. The van der Waals surface area contributed by atoms with Gasteiger partial charge in [0.1, 0.15) is 0 Å². The van der Waals surface area contributed by atoms with E-state index in [1.165, 1.54) is 12.1 Å². The van der Waals surface area contributed by atoms with Crippen LogP contribution in [0.1, 0.15) is 17.1 Å². The van der Waals surface area contributed by atoms with Crippen LogP contribution in [0.4, 0.5) is 5.69 Å². The van der Waals surface area contributed by atoms with Gasteiger partial charge in [0, 0.05) is 36.1 Å². The molecule has 0 radical (unpaired) electrons. The average Bonchev–Trinajstić information content (AvgIpc) is 3.09. The number of rotatable bonds is 5. The van der Waals surface area contributed by atoms with E-state index in [0.29, 0.717) is 11.2 Å². The summed E-state index contributed by atoms with van der Waals surface area (Å²) in [5, 5.41) is 16.6. The third kappa shape index (κ3) is 3.68. The minimum Gasteiger partial charge on any atom is -0.258 e. The highest BCUT2D eigenvalue weighted by molar-refractivity contribution is 5.92. The molecule has 3 heterocycles. The lowest BCUT2D eigenvalue weighted by atomic mass is 10.1. The molecule has 0 fully saturated rings. The van der Waals surface area contributed by atoms with E-state index in [1.807, 2.05) is 48.6 Å². The van der Waals surface area contributed by atoms with E-state index in [4.69, 9.17) is 0 Å². The summed E-state index contributed by atoms with van der Waals surface area (Å²) in [5.74, 6) is 0. The van der Waals surface area contributed by atoms with Crippen molar-refractivity contribution in [2.75, 3.05) is 0 Å². The Kier molecular flexibility index (Phi) is 4.71. The summed E-state index contributed by atoms with van der Waals surface area (Å²) in [6.07, 6.45) is 10.7. The van der Waals surface area contributed by atoms with Crippen molar-refractivity contribution in [3.8, 4) is 0 Å². The molecule has 7 nitrogen and oxygen atoms in total. The summed E-state index contributed by atoms with van der Waals surface area (Å²) in [4.78, 5) is 19.3. The highest BCUT2D eigenvalue weighted by Crippen LogP contribution is 2.25. The summed E-state index contributed by atoms with van der Waals surface area (Å²) in [7, 11) is 0. The molecule has 0 aliphatic heterocycles. The molecule has 28 heavy (non-hydrogen) atoms. The summed E-state index contributed by atoms with van der Waals surface area (Å²) in [5.41, 5.74) is 2.92. The van der Waals surface area contributed by atoms with E-state index in [-0.39, 0.29) is 5.69 Å².